The number of ether oxygens (including phenoxy) is 1. The fourth-order valence-electron chi connectivity index (χ4n) is 3.47. The zero-order valence-corrected chi connectivity index (χ0v) is 18.4. The number of aryl methyl sites for hydroxylation is 3. The van der Waals surface area contributed by atoms with Gasteiger partial charge in [0.25, 0.3) is 0 Å². The van der Waals surface area contributed by atoms with Crippen LogP contribution in [0.1, 0.15) is 30.2 Å². The van der Waals surface area contributed by atoms with Crippen LogP contribution >= 0.6 is 15.9 Å². The number of hydrogen-bond donors (Lipinski definition) is 0. The lowest BCUT2D eigenvalue weighted by Gasteiger charge is -2.20. The number of carbonyl (C=O) groups excluding carboxylic acids is 1. The van der Waals surface area contributed by atoms with Crippen molar-refractivity contribution in [2.75, 3.05) is 18.6 Å². The number of anilines is 1. The Balaban J connectivity index is 1.86. The van der Waals surface area contributed by atoms with E-state index in [1.807, 2.05) is 40.0 Å². The van der Waals surface area contributed by atoms with E-state index in [1.54, 1.807) is 22.9 Å². The normalized spacial score (nSPS) is 11.1. The largest absolute Gasteiger partial charge is 0.479 e. The first-order valence-corrected chi connectivity index (χ1v) is 9.95. The molecule has 0 N–H and O–H groups in total. The summed E-state index contributed by atoms with van der Waals surface area (Å²) in [7, 11) is 3.46. The van der Waals surface area contributed by atoms with Crippen molar-refractivity contribution in [1.29, 1.82) is 0 Å². The van der Waals surface area contributed by atoms with Crippen LogP contribution in [-0.4, -0.2) is 39.3 Å². The van der Waals surface area contributed by atoms with E-state index in [1.165, 1.54) is 0 Å². The van der Waals surface area contributed by atoms with Crippen molar-refractivity contribution < 1.29 is 9.53 Å². The Morgan fingerprint density at radius 3 is 2.68 bits per heavy atom. The van der Waals surface area contributed by atoms with Crippen molar-refractivity contribution in [2.24, 2.45) is 7.05 Å². The first kappa shape index (κ1) is 20.3. The summed E-state index contributed by atoms with van der Waals surface area (Å²) in [5.41, 5.74) is 3.82. The number of fused-ring (bicyclic) bond motifs is 1. The molecule has 0 atom stereocenters. The van der Waals surface area contributed by atoms with E-state index >= 15 is 0 Å². The average molecular weight is 446 g/mol. The summed E-state index contributed by atoms with van der Waals surface area (Å²) < 4.78 is 8.02. The van der Waals surface area contributed by atoms with Crippen LogP contribution in [0.4, 0.5) is 5.82 Å². The Bertz CT molecular complexity index is 1010. The number of carbonyl (C=O) groups is 1. The predicted octanol–water partition coefficient (Wildman–Crippen LogP) is 3.74. The van der Waals surface area contributed by atoms with Gasteiger partial charge in [-0.3, -0.25) is 9.69 Å². The molecule has 0 aliphatic carbocycles. The Labute approximate surface area is 172 Å². The van der Waals surface area contributed by atoms with Crippen molar-refractivity contribution in [1.82, 2.24) is 19.7 Å². The van der Waals surface area contributed by atoms with Crippen molar-refractivity contribution >= 4 is 38.7 Å². The lowest BCUT2D eigenvalue weighted by Crippen LogP contribution is -2.31. The molecule has 0 aliphatic heterocycles. The number of nitrogens with zero attached hydrogens (tertiary/aromatic N) is 5. The lowest BCUT2D eigenvalue weighted by molar-refractivity contribution is -0.118. The molecule has 7 nitrogen and oxygen atoms in total. The molecule has 0 aliphatic rings. The van der Waals surface area contributed by atoms with Crippen LogP contribution in [-0.2, 0) is 18.3 Å². The van der Waals surface area contributed by atoms with Crippen molar-refractivity contribution in [3.05, 3.63) is 39.6 Å². The van der Waals surface area contributed by atoms with Gasteiger partial charge in [-0.05, 0) is 66.4 Å². The monoisotopic (exact) mass is 445 g/mol. The van der Waals surface area contributed by atoms with Crippen LogP contribution in [0.25, 0.3) is 11.0 Å². The summed E-state index contributed by atoms with van der Waals surface area (Å²) in [6.07, 6.45) is 2.68. The fraction of sp³-hybridized carbons (Fsp3) is 0.400. The third kappa shape index (κ3) is 3.73. The molecule has 148 valence electrons. The molecule has 0 saturated carbocycles. The molecule has 1 amide bonds. The molecule has 0 saturated heterocycles. The van der Waals surface area contributed by atoms with Gasteiger partial charge in [-0.15, -0.1) is 5.10 Å². The lowest BCUT2D eigenvalue weighted by atomic mass is 10.00. The van der Waals surface area contributed by atoms with E-state index in [0.717, 1.165) is 32.3 Å². The number of hydrogen-bond acceptors (Lipinski definition) is 5. The van der Waals surface area contributed by atoms with Gasteiger partial charge in [0.15, 0.2) is 5.65 Å². The van der Waals surface area contributed by atoms with Gasteiger partial charge >= 0.3 is 0 Å². The summed E-state index contributed by atoms with van der Waals surface area (Å²) in [5, 5.41) is 5.28. The molecule has 0 aromatic carbocycles. The summed E-state index contributed by atoms with van der Waals surface area (Å²) in [4.78, 5) is 23.6. The number of pyridine rings is 2. The van der Waals surface area contributed by atoms with E-state index < -0.39 is 0 Å². The standard InChI is InChI=1S/C20H24BrN5O2/c1-6-26(16-9-7-14(21)11-22-16)17(27)10-8-15-12(2)18-19(23-13(15)3)25(4)24-20(18)28-5/h7,9,11H,6,8,10H2,1-5H3. The van der Waals surface area contributed by atoms with Gasteiger partial charge in [0.05, 0.1) is 12.5 Å². The summed E-state index contributed by atoms with van der Waals surface area (Å²) in [6.45, 7) is 6.53. The fourth-order valence-corrected chi connectivity index (χ4v) is 3.70. The van der Waals surface area contributed by atoms with Crippen LogP contribution in [0, 0.1) is 13.8 Å². The highest BCUT2D eigenvalue weighted by Gasteiger charge is 2.20. The molecule has 3 aromatic heterocycles. The minimum atomic E-state index is 0.0365. The van der Waals surface area contributed by atoms with Crippen LogP contribution in [0.2, 0.25) is 0 Å². The highest BCUT2D eigenvalue weighted by atomic mass is 79.9. The second-order valence-electron chi connectivity index (χ2n) is 6.60. The van der Waals surface area contributed by atoms with Crippen LogP contribution < -0.4 is 9.64 Å². The third-order valence-corrected chi connectivity index (χ3v) is 5.38. The SMILES string of the molecule is CCN(C(=O)CCc1c(C)nc2c(c(OC)nn2C)c1C)c1ccc(Br)cn1. The highest BCUT2D eigenvalue weighted by molar-refractivity contribution is 9.10. The summed E-state index contributed by atoms with van der Waals surface area (Å²) in [5.74, 6) is 1.25. The average Bonchev–Trinajstić information content (AvgIpc) is 2.99. The molecule has 3 aromatic rings. The number of aromatic nitrogens is 4. The number of rotatable bonds is 6. The zero-order valence-electron chi connectivity index (χ0n) is 16.8. The number of methoxy groups -OCH3 is 1. The smallest absolute Gasteiger partial charge is 0.242 e. The van der Waals surface area contributed by atoms with Gasteiger partial charge in [0.1, 0.15) is 5.82 Å². The summed E-state index contributed by atoms with van der Waals surface area (Å²) in [6, 6.07) is 3.73. The van der Waals surface area contributed by atoms with Crippen molar-refractivity contribution in [3.63, 3.8) is 0 Å². The Hall–Kier alpha value is -2.48. The van der Waals surface area contributed by atoms with Gasteiger partial charge in [0, 0.05) is 36.4 Å². The zero-order chi connectivity index (χ0) is 20.4. The van der Waals surface area contributed by atoms with E-state index in [-0.39, 0.29) is 5.91 Å². The molecule has 0 fully saturated rings. The maximum atomic E-state index is 12.9. The van der Waals surface area contributed by atoms with Crippen LogP contribution in [0.3, 0.4) is 0 Å². The first-order chi connectivity index (χ1) is 13.4. The predicted molar refractivity (Wildman–Crippen MR) is 113 cm³/mol. The van der Waals surface area contributed by atoms with Gasteiger partial charge in [-0.2, -0.15) is 0 Å². The second-order valence-corrected chi connectivity index (χ2v) is 7.52. The molecular weight excluding hydrogens is 422 g/mol. The van der Waals surface area contributed by atoms with Gasteiger partial charge in [-0.25, -0.2) is 14.6 Å². The molecule has 0 unspecified atom stereocenters. The van der Waals surface area contributed by atoms with Crippen LogP contribution in [0.15, 0.2) is 22.8 Å². The molecule has 28 heavy (non-hydrogen) atoms. The van der Waals surface area contributed by atoms with Gasteiger partial charge in [-0.1, -0.05) is 0 Å². The third-order valence-electron chi connectivity index (χ3n) is 4.91. The maximum Gasteiger partial charge on any atom is 0.242 e. The Morgan fingerprint density at radius 2 is 2.07 bits per heavy atom. The minimum Gasteiger partial charge on any atom is -0.479 e. The molecule has 0 spiro atoms. The molecular formula is C20H24BrN5O2. The number of amides is 1. The molecule has 0 bridgehead atoms. The van der Waals surface area contributed by atoms with Gasteiger partial charge < -0.3 is 4.74 Å². The highest BCUT2D eigenvalue weighted by Crippen LogP contribution is 2.30. The van der Waals surface area contributed by atoms with E-state index in [4.69, 9.17) is 9.72 Å². The van der Waals surface area contributed by atoms with Crippen LogP contribution in [0.5, 0.6) is 5.88 Å². The Morgan fingerprint density at radius 1 is 1.32 bits per heavy atom. The topological polar surface area (TPSA) is 73.1 Å². The summed E-state index contributed by atoms with van der Waals surface area (Å²) >= 11 is 3.37. The van der Waals surface area contributed by atoms with Crippen molar-refractivity contribution in [3.8, 4) is 5.88 Å². The van der Waals surface area contributed by atoms with E-state index in [9.17, 15) is 4.79 Å². The molecule has 0 radical (unpaired) electrons. The minimum absolute atomic E-state index is 0.0365. The molecule has 3 rings (SSSR count). The quantitative estimate of drug-likeness (QED) is 0.577. The molecule has 8 heteroatoms. The Kier molecular flexibility index (Phi) is 5.98. The molecule has 3 heterocycles. The van der Waals surface area contributed by atoms with E-state index in [2.05, 4.69) is 26.0 Å². The van der Waals surface area contributed by atoms with Gasteiger partial charge in [0.2, 0.25) is 11.8 Å². The van der Waals surface area contributed by atoms with E-state index in [0.29, 0.717) is 31.1 Å². The van der Waals surface area contributed by atoms with Crippen molar-refractivity contribution in [2.45, 2.75) is 33.6 Å². The number of halogens is 1. The first-order valence-electron chi connectivity index (χ1n) is 9.16. The maximum absolute atomic E-state index is 12.9. The second kappa shape index (κ2) is 8.26.